The van der Waals surface area contributed by atoms with Crippen molar-refractivity contribution >= 4 is 11.6 Å². The lowest BCUT2D eigenvalue weighted by Gasteiger charge is -2.08. The summed E-state index contributed by atoms with van der Waals surface area (Å²) in [7, 11) is 0. The monoisotopic (exact) mass is 240 g/mol. The lowest BCUT2D eigenvalue weighted by molar-refractivity contribution is 0.185. The van der Waals surface area contributed by atoms with Crippen molar-refractivity contribution in [2.75, 3.05) is 26.3 Å². The number of nitrogens with zero attached hydrogens (tertiary/aromatic N) is 1. The fraction of sp³-hybridized carbons (Fsp3) is 0.583. The van der Waals surface area contributed by atoms with Crippen molar-refractivity contribution in [1.82, 2.24) is 10.3 Å². The van der Waals surface area contributed by atoms with Crippen LogP contribution in [-0.4, -0.2) is 31.3 Å². The predicted octanol–water partition coefficient (Wildman–Crippen LogP) is 1.90. The number of rotatable bonds is 5. The van der Waals surface area contributed by atoms with Gasteiger partial charge in [-0.3, -0.25) is 0 Å². The molecular formula is C12H17ClN2O. The maximum absolute atomic E-state index is 5.72. The van der Waals surface area contributed by atoms with Crippen LogP contribution in [-0.2, 0) is 11.2 Å². The molecule has 1 unspecified atom stereocenters. The molecule has 1 aromatic heterocycles. The molecule has 0 bridgehead atoms. The van der Waals surface area contributed by atoms with Crippen molar-refractivity contribution in [2.45, 2.75) is 12.8 Å². The van der Waals surface area contributed by atoms with E-state index in [0.717, 1.165) is 32.7 Å². The number of aromatic nitrogens is 1. The highest BCUT2D eigenvalue weighted by atomic mass is 35.5. The molecule has 0 spiro atoms. The third kappa shape index (κ3) is 3.74. The van der Waals surface area contributed by atoms with Gasteiger partial charge in [-0.2, -0.15) is 0 Å². The van der Waals surface area contributed by atoms with Gasteiger partial charge in [-0.1, -0.05) is 17.7 Å². The molecule has 3 nitrogen and oxygen atoms in total. The van der Waals surface area contributed by atoms with Crippen molar-refractivity contribution in [3.63, 3.8) is 0 Å². The van der Waals surface area contributed by atoms with Crippen molar-refractivity contribution in [1.29, 1.82) is 0 Å². The van der Waals surface area contributed by atoms with E-state index < -0.39 is 0 Å². The minimum Gasteiger partial charge on any atom is -0.381 e. The highest BCUT2D eigenvalue weighted by molar-refractivity contribution is 6.29. The summed E-state index contributed by atoms with van der Waals surface area (Å²) in [5, 5.41) is 4.01. The molecule has 1 saturated heterocycles. The Bertz CT molecular complexity index is 309. The van der Waals surface area contributed by atoms with Gasteiger partial charge in [0.15, 0.2) is 0 Å². The van der Waals surface area contributed by atoms with Crippen molar-refractivity contribution in [2.24, 2.45) is 5.92 Å². The van der Waals surface area contributed by atoms with Crippen LogP contribution in [0.25, 0.3) is 0 Å². The van der Waals surface area contributed by atoms with Crippen LogP contribution >= 0.6 is 11.6 Å². The van der Waals surface area contributed by atoms with Gasteiger partial charge in [0, 0.05) is 19.3 Å². The van der Waals surface area contributed by atoms with Crippen molar-refractivity contribution < 1.29 is 4.74 Å². The van der Waals surface area contributed by atoms with E-state index in [1.54, 1.807) is 0 Å². The van der Waals surface area contributed by atoms with Crippen LogP contribution < -0.4 is 5.32 Å². The summed E-state index contributed by atoms with van der Waals surface area (Å²) in [5.41, 5.74) is 1.22. The molecule has 1 aromatic rings. The van der Waals surface area contributed by atoms with E-state index in [4.69, 9.17) is 16.3 Å². The SMILES string of the molecule is Clc1ccc(CCNCC2CCOC2)cn1. The second kappa shape index (κ2) is 6.18. The van der Waals surface area contributed by atoms with E-state index in [-0.39, 0.29) is 0 Å². The molecule has 2 heterocycles. The Morgan fingerprint density at radius 3 is 3.12 bits per heavy atom. The van der Waals surface area contributed by atoms with Crippen LogP contribution in [0.15, 0.2) is 18.3 Å². The average molecular weight is 241 g/mol. The summed E-state index contributed by atoms with van der Waals surface area (Å²) in [6, 6.07) is 3.86. The lowest BCUT2D eigenvalue weighted by Crippen LogP contribution is -2.25. The maximum Gasteiger partial charge on any atom is 0.129 e. The van der Waals surface area contributed by atoms with Gasteiger partial charge in [-0.05, 0) is 36.9 Å². The number of halogens is 1. The van der Waals surface area contributed by atoms with E-state index in [0.29, 0.717) is 11.1 Å². The molecule has 0 aliphatic carbocycles. The summed E-state index contributed by atoms with van der Waals surface area (Å²) in [4.78, 5) is 4.05. The topological polar surface area (TPSA) is 34.1 Å². The Hall–Kier alpha value is -0.640. The fourth-order valence-electron chi connectivity index (χ4n) is 1.84. The quantitative estimate of drug-likeness (QED) is 0.631. The summed E-state index contributed by atoms with van der Waals surface area (Å²) < 4.78 is 5.32. The Morgan fingerprint density at radius 2 is 2.44 bits per heavy atom. The highest BCUT2D eigenvalue weighted by Crippen LogP contribution is 2.10. The first-order valence-electron chi connectivity index (χ1n) is 5.73. The minimum absolute atomic E-state index is 0.555. The van der Waals surface area contributed by atoms with Crippen molar-refractivity contribution in [3.8, 4) is 0 Å². The molecule has 1 aliphatic rings. The molecule has 16 heavy (non-hydrogen) atoms. The van der Waals surface area contributed by atoms with Crippen LogP contribution in [0.4, 0.5) is 0 Å². The van der Waals surface area contributed by atoms with Gasteiger partial charge in [0.1, 0.15) is 5.15 Å². The average Bonchev–Trinajstić information content (AvgIpc) is 2.80. The van der Waals surface area contributed by atoms with Gasteiger partial charge in [-0.25, -0.2) is 4.98 Å². The summed E-state index contributed by atoms with van der Waals surface area (Å²) in [6.45, 7) is 3.88. The number of hydrogen-bond donors (Lipinski definition) is 1. The summed E-state index contributed by atoms with van der Waals surface area (Å²) >= 11 is 5.72. The zero-order valence-corrected chi connectivity index (χ0v) is 10.0. The molecule has 1 N–H and O–H groups in total. The molecule has 0 aromatic carbocycles. The van der Waals surface area contributed by atoms with Gasteiger partial charge in [0.25, 0.3) is 0 Å². The van der Waals surface area contributed by atoms with Gasteiger partial charge >= 0.3 is 0 Å². The molecule has 4 heteroatoms. The molecular weight excluding hydrogens is 224 g/mol. The molecule has 88 valence electrons. The van der Waals surface area contributed by atoms with E-state index >= 15 is 0 Å². The highest BCUT2D eigenvalue weighted by Gasteiger charge is 2.14. The van der Waals surface area contributed by atoms with Gasteiger partial charge in [-0.15, -0.1) is 0 Å². The molecule has 1 aliphatic heterocycles. The minimum atomic E-state index is 0.555. The van der Waals surface area contributed by atoms with E-state index in [2.05, 4.69) is 10.3 Å². The van der Waals surface area contributed by atoms with Crippen LogP contribution in [0.2, 0.25) is 5.15 Å². The number of hydrogen-bond acceptors (Lipinski definition) is 3. The first-order valence-corrected chi connectivity index (χ1v) is 6.11. The fourth-order valence-corrected chi connectivity index (χ4v) is 1.95. The smallest absolute Gasteiger partial charge is 0.129 e. The molecule has 1 fully saturated rings. The third-order valence-electron chi connectivity index (χ3n) is 2.84. The standard InChI is InChI=1S/C12H17ClN2O/c13-12-2-1-10(8-15-12)3-5-14-7-11-4-6-16-9-11/h1-2,8,11,14H,3-7,9H2. The molecule has 2 rings (SSSR count). The van der Waals surface area contributed by atoms with Crippen LogP contribution in [0.5, 0.6) is 0 Å². The molecule has 0 radical (unpaired) electrons. The van der Waals surface area contributed by atoms with Crippen LogP contribution in [0.1, 0.15) is 12.0 Å². The normalized spacial score (nSPS) is 20.2. The molecule has 0 amide bonds. The number of pyridine rings is 1. The second-order valence-electron chi connectivity index (χ2n) is 4.17. The zero-order chi connectivity index (χ0) is 11.2. The van der Waals surface area contributed by atoms with Gasteiger partial charge in [0.2, 0.25) is 0 Å². The van der Waals surface area contributed by atoms with E-state index in [9.17, 15) is 0 Å². The molecule has 0 saturated carbocycles. The van der Waals surface area contributed by atoms with Gasteiger partial charge in [0.05, 0.1) is 6.61 Å². The first-order chi connectivity index (χ1) is 7.84. The second-order valence-corrected chi connectivity index (χ2v) is 4.56. The number of nitrogens with one attached hydrogen (secondary N) is 1. The predicted molar refractivity (Wildman–Crippen MR) is 64.7 cm³/mol. The van der Waals surface area contributed by atoms with E-state index in [1.807, 2.05) is 18.3 Å². The Balaban J connectivity index is 1.62. The van der Waals surface area contributed by atoms with Crippen molar-refractivity contribution in [3.05, 3.63) is 29.0 Å². The third-order valence-corrected chi connectivity index (χ3v) is 3.06. The van der Waals surface area contributed by atoms with Crippen LogP contribution in [0.3, 0.4) is 0 Å². The summed E-state index contributed by atoms with van der Waals surface area (Å²) in [6.07, 6.45) is 4.02. The molecule has 1 atom stereocenters. The Labute approximate surface area is 101 Å². The zero-order valence-electron chi connectivity index (χ0n) is 9.29. The summed E-state index contributed by atoms with van der Waals surface area (Å²) in [5.74, 6) is 0.698. The largest absolute Gasteiger partial charge is 0.381 e. The Morgan fingerprint density at radius 1 is 1.50 bits per heavy atom. The first kappa shape index (κ1) is 11.8. The maximum atomic E-state index is 5.72. The van der Waals surface area contributed by atoms with Crippen LogP contribution in [0, 0.1) is 5.92 Å². The van der Waals surface area contributed by atoms with Gasteiger partial charge < -0.3 is 10.1 Å². The van der Waals surface area contributed by atoms with E-state index in [1.165, 1.54) is 12.0 Å². The number of ether oxygens (including phenoxy) is 1. The lowest BCUT2D eigenvalue weighted by atomic mass is 10.1. The Kier molecular flexibility index (Phi) is 4.57.